The van der Waals surface area contributed by atoms with Gasteiger partial charge < -0.3 is 5.73 Å². The summed E-state index contributed by atoms with van der Waals surface area (Å²) in [6, 6.07) is 0. The maximum Gasteiger partial charge on any atom is -0.00487 e. The Balaban J connectivity index is 0.000000500. The van der Waals surface area contributed by atoms with Crippen LogP contribution in [0.4, 0.5) is 0 Å². The third kappa shape index (κ3) is 1.30. The summed E-state index contributed by atoms with van der Waals surface area (Å²) in [6.07, 6.45) is 7.35. The lowest BCUT2D eigenvalue weighted by Gasteiger charge is -2.04. The van der Waals surface area contributed by atoms with E-state index in [4.69, 9.17) is 5.73 Å². The molecule has 0 heterocycles. The molecule has 2 heteroatoms. The van der Waals surface area contributed by atoms with Crippen molar-refractivity contribution >= 4 is 12.4 Å². The second kappa shape index (κ2) is 2.71. The van der Waals surface area contributed by atoms with Gasteiger partial charge in [0.2, 0.25) is 0 Å². The molecule has 1 spiro atoms. The Bertz CT molecular complexity index is 120. The van der Waals surface area contributed by atoms with E-state index in [1.165, 1.54) is 32.1 Å². The molecule has 0 bridgehead atoms. The van der Waals surface area contributed by atoms with E-state index in [0.717, 1.165) is 17.9 Å². The Morgan fingerprint density at radius 2 is 2.00 bits per heavy atom. The highest BCUT2D eigenvalue weighted by atomic mass is 35.5. The molecule has 1 unspecified atom stereocenters. The van der Waals surface area contributed by atoms with Crippen LogP contribution in [0.5, 0.6) is 0 Å². The van der Waals surface area contributed by atoms with Gasteiger partial charge in [-0.15, -0.1) is 12.4 Å². The van der Waals surface area contributed by atoms with Crippen LogP contribution >= 0.6 is 12.4 Å². The number of hydrogen-bond acceptors (Lipinski definition) is 1. The molecule has 2 aliphatic rings. The maximum atomic E-state index is 5.58. The van der Waals surface area contributed by atoms with Gasteiger partial charge in [-0.1, -0.05) is 0 Å². The van der Waals surface area contributed by atoms with Gasteiger partial charge in [-0.05, 0) is 50.0 Å². The molecular formula is C8H16ClN. The zero-order valence-corrected chi connectivity index (χ0v) is 7.12. The monoisotopic (exact) mass is 161 g/mol. The molecule has 0 aromatic carbocycles. The van der Waals surface area contributed by atoms with Crippen LogP contribution in [-0.4, -0.2) is 6.54 Å². The van der Waals surface area contributed by atoms with Crippen LogP contribution in [0, 0.1) is 11.3 Å². The van der Waals surface area contributed by atoms with Gasteiger partial charge >= 0.3 is 0 Å². The summed E-state index contributed by atoms with van der Waals surface area (Å²) in [5.41, 5.74) is 6.42. The predicted molar refractivity (Wildman–Crippen MR) is 45.3 cm³/mol. The predicted octanol–water partition coefficient (Wildman–Crippen LogP) is 1.95. The van der Waals surface area contributed by atoms with Gasteiger partial charge in [-0.2, -0.15) is 0 Å². The van der Waals surface area contributed by atoms with Gasteiger partial charge in [0.05, 0.1) is 0 Å². The zero-order chi connectivity index (χ0) is 6.32. The van der Waals surface area contributed by atoms with Gasteiger partial charge in [0.25, 0.3) is 0 Å². The normalized spacial score (nSPS) is 33.9. The lowest BCUT2D eigenvalue weighted by molar-refractivity contribution is 0.484. The van der Waals surface area contributed by atoms with E-state index < -0.39 is 0 Å². The maximum absolute atomic E-state index is 5.58. The van der Waals surface area contributed by atoms with Crippen LogP contribution in [0.2, 0.25) is 0 Å². The highest BCUT2D eigenvalue weighted by molar-refractivity contribution is 5.85. The minimum absolute atomic E-state index is 0. The summed E-state index contributed by atoms with van der Waals surface area (Å²) in [7, 11) is 0. The van der Waals surface area contributed by atoms with Crippen LogP contribution in [0.3, 0.4) is 0 Å². The SMILES string of the molecule is Cl.NCC1CCC2(CC2)C1. The van der Waals surface area contributed by atoms with Gasteiger partial charge in [-0.25, -0.2) is 0 Å². The van der Waals surface area contributed by atoms with Gasteiger partial charge in [0.15, 0.2) is 0 Å². The molecule has 1 nitrogen and oxygen atoms in total. The van der Waals surface area contributed by atoms with Crippen LogP contribution in [0.25, 0.3) is 0 Å². The molecule has 0 aromatic rings. The summed E-state index contributed by atoms with van der Waals surface area (Å²) < 4.78 is 0. The average Bonchev–Trinajstić information content (AvgIpc) is 2.44. The van der Waals surface area contributed by atoms with Crippen LogP contribution in [0.15, 0.2) is 0 Å². The summed E-state index contributed by atoms with van der Waals surface area (Å²) in [6.45, 7) is 0.932. The minimum atomic E-state index is 0. The highest BCUT2D eigenvalue weighted by Gasteiger charge is 2.47. The fourth-order valence-corrected chi connectivity index (χ4v) is 2.16. The van der Waals surface area contributed by atoms with Crippen molar-refractivity contribution < 1.29 is 0 Å². The van der Waals surface area contributed by atoms with Crippen molar-refractivity contribution in [3.05, 3.63) is 0 Å². The largest absolute Gasteiger partial charge is 0.330 e. The van der Waals surface area contributed by atoms with E-state index in [1.807, 2.05) is 0 Å². The number of nitrogens with two attached hydrogens (primary N) is 1. The van der Waals surface area contributed by atoms with Gasteiger partial charge in [0.1, 0.15) is 0 Å². The Morgan fingerprint density at radius 3 is 2.30 bits per heavy atom. The molecule has 60 valence electrons. The van der Waals surface area contributed by atoms with Crippen molar-refractivity contribution in [1.82, 2.24) is 0 Å². The minimum Gasteiger partial charge on any atom is -0.330 e. The zero-order valence-electron chi connectivity index (χ0n) is 6.31. The van der Waals surface area contributed by atoms with Crippen LogP contribution in [0.1, 0.15) is 32.1 Å². The molecule has 0 radical (unpaired) electrons. The first-order valence-corrected chi connectivity index (χ1v) is 4.05. The van der Waals surface area contributed by atoms with E-state index >= 15 is 0 Å². The van der Waals surface area contributed by atoms with Crippen LogP contribution in [-0.2, 0) is 0 Å². The molecule has 2 N–H and O–H groups in total. The Morgan fingerprint density at radius 1 is 1.30 bits per heavy atom. The van der Waals surface area contributed by atoms with Gasteiger partial charge in [0, 0.05) is 0 Å². The van der Waals surface area contributed by atoms with E-state index in [9.17, 15) is 0 Å². The second-order valence-corrected chi connectivity index (χ2v) is 3.84. The van der Waals surface area contributed by atoms with E-state index in [1.54, 1.807) is 0 Å². The van der Waals surface area contributed by atoms with Crippen LogP contribution < -0.4 is 5.73 Å². The van der Waals surface area contributed by atoms with Crippen molar-refractivity contribution in [1.29, 1.82) is 0 Å². The number of halogens is 1. The number of hydrogen-bond donors (Lipinski definition) is 1. The molecule has 1 atom stereocenters. The lowest BCUT2D eigenvalue weighted by atomic mass is 10.0. The summed E-state index contributed by atoms with van der Waals surface area (Å²) in [5.74, 6) is 0.882. The number of rotatable bonds is 1. The molecule has 2 fully saturated rings. The molecule has 0 saturated heterocycles. The topological polar surface area (TPSA) is 26.0 Å². The lowest BCUT2D eigenvalue weighted by Crippen LogP contribution is -2.10. The smallest absolute Gasteiger partial charge is 0.00487 e. The molecule has 2 rings (SSSR count). The quantitative estimate of drug-likeness (QED) is 0.625. The molecule has 2 saturated carbocycles. The Kier molecular flexibility index (Phi) is 2.26. The third-order valence-electron chi connectivity index (χ3n) is 3.10. The fourth-order valence-electron chi connectivity index (χ4n) is 2.16. The van der Waals surface area contributed by atoms with Crippen molar-refractivity contribution in [3.8, 4) is 0 Å². The summed E-state index contributed by atoms with van der Waals surface area (Å²) in [5, 5.41) is 0. The molecule has 0 amide bonds. The summed E-state index contributed by atoms with van der Waals surface area (Å²) in [4.78, 5) is 0. The van der Waals surface area contributed by atoms with Crippen molar-refractivity contribution in [2.45, 2.75) is 32.1 Å². The average molecular weight is 162 g/mol. The molecule has 10 heavy (non-hydrogen) atoms. The Labute approximate surface area is 68.8 Å². The highest BCUT2D eigenvalue weighted by Crippen LogP contribution is 2.59. The molecule has 2 aliphatic carbocycles. The van der Waals surface area contributed by atoms with E-state index in [2.05, 4.69) is 0 Å². The second-order valence-electron chi connectivity index (χ2n) is 3.84. The van der Waals surface area contributed by atoms with Crippen molar-refractivity contribution in [3.63, 3.8) is 0 Å². The van der Waals surface area contributed by atoms with Crippen molar-refractivity contribution in [2.75, 3.05) is 6.54 Å². The summed E-state index contributed by atoms with van der Waals surface area (Å²) >= 11 is 0. The third-order valence-corrected chi connectivity index (χ3v) is 3.10. The van der Waals surface area contributed by atoms with Gasteiger partial charge in [-0.3, -0.25) is 0 Å². The Hall–Kier alpha value is 0.250. The first kappa shape index (κ1) is 8.35. The van der Waals surface area contributed by atoms with E-state index in [0.29, 0.717) is 0 Å². The first-order valence-electron chi connectivity index (χ1n) is 4.05. The van der Waals surface area contributed by atoms with E-state index in [-0.39, 0.29) is 12.4 Å². The molecule has 0 aromatic heterocycles. The molecule has 0 aliphatic heterocycles. The fraction of sp³-hybridized carbons (Fsp3) is 1.00. The first-order chi connectivity index (χ1) is 4.35. The van der Waals surface area contributed by atoms with Crippen molar-refractivity contribution in [2.24, 2.45) is 17.1 Å². The molecular weight excluding hydrogens is 146 g/mol. The standard InChI is InChI=1S/C8H15N.ClH/c9-6-7-1-2-8(5-7)3-4-8;/h7H,1-6,9H2;1H.